The lowest BCUT2D eigenvalue weighted by Gasteiger charge is -2.37. The van der Waals surface area contributed by atoms with Gasteiger partial charge in [-0.2, -0.15) is 0 Å². The number of nitrogens with one attached hydrogen (secondary N) is 1. The standard InChI is InChI=1S/C20H31N3O3/c1-3-26-20(25)23-9-4-5-17(8-12-23)22-10-6-16(7-11-22)18-13-15(2)14-21-19(18)24/h13-14,16-17H,3-12H2,1-2H3,(H,21,24). The van der Waals surface area contributed by atoms with Crippen LogP contribution in [0.25, 0.3) is 0 Å². The van der Waals surface area contributed by atoms with Crippen LogP contribution in [0.4, 0.5) is 4.79 Å². The molecular weight excluding hydrogens is 330 g/mol. The summed E-state index contributed by atoms with van der Waals surface area (Å²) < 4.78 is 5.14. The molecule has 0 saturated carbocycles. The number of amides is 1. The van der Waals surface area contributed by atoms with Crippen molar-refractivity contribution in [2.24, 2.45) is 0 Å². The molecule has 2 aliphatic rings. The number of carbonyl (C=O) groups is 1. The van der Waals surface area contributed by atoms with E-state index in [-0.39, 0.29) is 11.7 Å². The predicted octanol–water partition coefficient (Wildman–Crippen LogP) is 2.87. The molecule has 0 radical (unpaired) electrons. The summed E-state index contributed by atoms with van der Waals surface area (Å²) in [5.41, 5.74) is 2.12. The second kappa shape index (κ2) is 8.71. The molecule has 3 heterocycles. The first-order valence-corrected chi connectivity index (χ1v) is 9.93. The molecule has 1 aromatic heterocycles. The molecule has 26 heavy (non-hydrogen) atoms. The summed E-state index contributed by atoms with van der Waals surface area (Å²) in [5, 5.41) is 0. The van der Waals surface area contributed by atoms with Crippen molar-refractivity contribution < 1.29 is 9.53 Å². The van der Waals surface area contributed by atoms with Crippen molar-refractivity contribution in [3.05, 3.63) is 33.7 Å². The fourth-order valence-corrected chi connectivity index (χ4v) is 4.34. The monoisotopic (exact) mass is 361 g/mol. The van der Waals surface area contributed by atoms with Crippen LogP contribution in [0.5, 0.6) is 0 Å². The van der Waals surface area contributed by atoms with Crippen LogP contribution in [0.3, 0.4) is 0 Å². The number of nitrogens with zero attached hydrogens (tertiary/aromatic N) is 2. The Labute approximate surface area is 155 Å². The van der Waals surface area contributed by atoms with Crippen molar-refractivity contribution in [1.29, 1.82) is 0 Å². The Hall–Kier alpha value is -1.82. The van der Waals surface area contributed by atoms with Crippen LogP contribution in [0, 0.1) is 6.92 Å². The zero-order chi connectivity index (χ0) is 18.5. The van der Waals surface area contributed by atoms with Gasteiger partial charge in [0.05, 0.1) is 6.61 Å². The minimum Gasteiger partial charge on any atom is -0.450 e. The maximum atomic E-state index is 12.1. The average molecular weight is 361 g/mol. The summed E-state index contributed by atoms with van der Waals surface area (Å²) in [6, 6.07) is 2.58. The van der Waals surface area contributed by atoms with Gasteiger partial charge in [-0.25, -0.2) is 4.79 Å². The highest BCUT2D eigenvalue weighted by molar-refractivity contribution is 5.67. The summed E-state index contributed by atoms with van der Waals surface area (Å²) >= 11 is 0. The van der Waals surface area contributed by atoms with Crippen LogP contribution in [0.1, 0.15) is 56.1 Å². The first-order valence-electron chi connectivity index (χ1n) is 9.93. The van der Waals surface area contributed by atoms with E-state index in [1.54, 1.807) is 6.20 Å². The number of hydrogen-bond donors (Lipinski definition) is 1. The fourth-order valence-electron chi connectivity index (χ4n) is 4.34. The number of ether oxygens (including phenoxy) is 1. The van der Waals surface area contributed by atoms with Crippen molar-refractivity contribution in [2.75, 3.05) is 32.8 Å². The highest BCUT2D eigenvalue weighted by atomic mass is 16.6. The first-order chi connectivity index (χ1) is 12.6. The highest BCUT2D eigenvalue weighted by Crippen LogP contribution is 2.29. The Kier molecular flexibility index (Phi) is 6.35. The number of piperidine rings is 1. The van der Waals surface area contributed by atoms with Crippen molar-refractivity contribution in [1.82, 2.24) is 14.8 Å². The van der Waals surface area contributed by atoms with Crippen LogP contribution < -0.4 is 5.56 Å². The molecule has 0 aromatic carbocycles. The second-order valence-electron chi connectivity index (χ2n) is 7.54. The average Bonchev–Trinajstić information content (AvgIpc) is 2.90. The number of likely N-dealkylation sites (tertiary alicyclic amines) is 2. The zero-order valence-corrected chi connectivity index (χ0v) is 16.0. The van der Waals surface area contributed by atoms with Crippen molar-refractivity contribution in [3.8, 4) is 0 Å². The number of H-pyrrole nitrogens is 1. The molecule has 2 fully saturated rings. The molecule has 1 N–H and O–H groups in total. The largest absolute Gasteiger partial charge is 0.450 e. The lowest BCUT2D eigenvalue weighted by atomic mass is 9.88. The molecular formula is C20H31N3O3. The van der Waals surface area contributed by atoms with E-state index in [9.17, 15) is 9.59 Å². The Balaban J connectivity index is 1.54. The Bertz CT molecular complexity index is 665. The second-order valence-corrected chi connectivity index (χ2v) is 7.54. The molecule has 1 amide bonds. The van der Waals surface area contributed by atoms with Crippen LogP contribution >= 0.6 is 0 Å². The molecule has 2 saturated heterocycles. The molecule has 0 bridgehead atoms. The van der Waals surface area contributed by atoms with Gasteiger partial charge in [0.2, 0.25) is 0 Å². The maximum absolute atomic E-state index is 12.1. The third kappa shape index (κ3) is 4.47. The lowest BCUT2D eigenvalue weighted by molar-refractivity contribution is 0.105. The SMILES string of the molecule is CCOC(=O)N1CCCC(N2CCC(c3cc(C)c[nH]c3=O)CC2)CC1. The Morgan fingerprint density at radius 2 is 1.96 bits per heavy atom. The van der Waals surface area contributed by atoms with Gasteiger partial charge >= 0.3 is 6.09 Å². The summed E-state index contributed by atoms with van der Waals surface area (Å²) in [7, 11) is 0. The van der Waals surface area contributed by atoms with E-state index in [1.807, 2.05) is 24.8 Å². The van der Waals surface area contributed by atoms with E-state index in [0.717, 1.165) is 69.4 Å². The number of pyridine rings is 1. The quantitative estimate of drug-likeness (QED) is 0.899. The van der Waals surface area contributed by atoms with E-state index < -0.39 is 0 Å². The van der Waals surface area contributed by atoms with Crippen molar-refractivity contribution >= 4 is 6.09 Å². The third-order valence-corrected chi connectivity index (χ3v) is 5.79. The van der Waals surface area contributed by atoms with E-state index in [0.29, 0.717) is 18.6 Å². The van der Waals surface area contributed by atoms with Gasteiger partial charge in [-0.1, -0.05) is 0 Å². The van der Waals surface area contributed by atoms with Crippen LogP contribution in [-0.2, 0) is 4.74 Å². The van der Waals surface area contributed by atoms with Crippen LogP contribution in [-0.4, -0.2) is 59.7 Å². The number of aromatic nitrogens is 1. The van der Waals surface area contributed by atoms with E-state index in [1.165, 1.54) is 0 Å². The molecule has 1 atom stereocenters. The van der Waals surface area contributed by atoms with Gasteiger partial charge in [0.1, 0.15) is 0 Å². The zero-order valence-electron chi connectivity index (χ0n) is 16.0. The van der Waals surface area contributed by atoms with Crippen molar-refractivity contribution in [3.63, 3.8) is 0 Å². The summed E-state index contributed by atoms with van der Waals surface area (Å²) in [4.78, 5) is 31.4. The maximum Gasteiger partial charge on any atom is 0.409 e. The molecule has 0 aliphatic carbocycles. The number of aryl methyl sites for hydroxylation is 1. The molecule has 2 aliphatic heterocycles. The molecule has 6 heteroatoms. The normalized spacial score (nSPS) is 22.8. The van der Waals surface area contributed by atoms with Gasteiger partial charge in [-0.05, 0) is 76.6 Å². The van der Waals surface area contributed by atoms with E-state index >= 15 is 0 Å². The van der Waals surface area contributed by atoms with Crippen LogP contribution in [0.2, 0.25) is 0 Å². The first kappa shape index (κ1) is 19.0. The van der Waals surface area contributed by atoms with Gasteiger partial charge in [0.15, 0.2) is 0 Å². The third-order valence-electron chi connectivity index (χ3n) is 5.79. The molecule has 1 aromatic rings. The van der Waals surface area contributed by atoms with Crippen molar-refractivity contribution in [2.45, 2.75) is 57.9 Å². The van der Waals surface area contributed by atoms with Gasteiger partial charge in [0.25, 0.3) is 5.56 Å². The minimum atomic E-state index is -0.175. The number of hydrogen-bond acceptors (Lipinski definition) is 4. The predicted molar refractivity (Wildman–Crippen MR) is 102 cm³/mol. The van der Waals surface area contributed by atoms with Gasteiger partial charge in [-0.3, -0.25) is 4.79 Å². The van der Waals surface area contributed by atoms with E-state index in [4.69, 9.17) is 4.74 Å². The highest BCUT2D eigenvalue weighted by Gasteiger charge is 2.29. The molecule has 6 nitrogen and oxygen atoms in total. The van der Waals surface area contributed by atoms with Gasteiger partial charge in [0, 0.05) is 30.9 Å². The topological polar surface area (TPSA) is 65.6 Å². The molecule has 3 rings (SSSR count). The van der Waals surface area contributed by atoms with Gasteiger partial charge < -0.3 is 19.5 Å². The molecule has 1 unspecified atom stereocenters. The molecule has 144 valence electrons. The van der Waals surface area contributed by atoms with E-state index in [2.05, 4.69) is 9.88 Å². The smallest absolute Gasteiger partial charge is 0.409 e. The fraction of sp³-hybridized carbons (Fsp3) is 0.700. The summed E-state index contributed by atoms with van der Waals surface area (Å²) in [5.74, 6) is 0.358. The number of carbonyl (C=O) groups excluding carboxylic acids is 1. The van der Waals surface area contributed by atoms with Gasteiger partial charge in [-0.15, -0.1) is 0 Å². The number of rotatable bonds is 3. The molecule has 0 spiro atoms. The number of aromatic amines is 1. The Morgan fingerprint density at radius 3 is 2.69 bits per heavy atom. The minimum absolute atomic E-state index is 0.0635. The lowest BCUT2D eigenvalue weighted by Crippen LogP contribution is -2.42. The van der Waals surface area contributed by atoms with Crippen LogP contribution in [0.15, 0.2) is 17.1 Å². The Morgan fingerprint density at radius 1 is 1.19 bits per heavy atom. The summed E-state index contributed by atoms with van der Waals surface area (Å²) in [6.07, 6.45) is 6.84. The summed E-state index contributed by atoms with van der Waals surface area (Å²) in [6.45, 7) is 7.94.